The van der Waals surface area contributed by atoms with Crippen molar-refractivity contribution in [3.8, 4) is 0 Å². The Bertz CT molecular complexity index is 329. The number of hydrogen-bond acceptors (Lipinski definition) is 2. The summed E-state index contributed by atoms with van der Waals surface area (Å²) < 4.78 is 4.83. The summed E-state index contributed by atoms with van der Waals surface area (Å²) in [5, 5.41) is 0. The fraction of sp³-hybridized carbons (Fsp3) is 0.400. The number of carbonyl (C=O) groups excluding carboxylic acids is 1. The molecule has 0 amide bonds. The van der Waals surface area contributed by atoms with Crippen LogP contribution in [0.5, 0.6) is 0 Å². The van der Waals surface area contributed by atoms with Crippen LogP contribution in [-0.2, 0) is 9.53 Å². The molecule has 0 aliphatic carbocycles. The molecule has 0 fully saturated rings. The van der Waals surface area contributed by atoms with Gasteiger partial charge in [0.2, 0.25) is 0 Å². The minimum Gasteiger partial charge on any atom is -0.434 e. The van der Waals surface area contributed by atoms with Gasteiger partial charge in [-0.3, -0.25) is 4.79 Å². The van der Waals surface area contributed by atoms with Gasteiger partial charge in [-0.2, -0.15) is 0 Å². The fourth-order valence-electron chi connectivity index (χ4n) is 1.17. The molecule has 2 heteroatoms. The first kappa shape index (κ1) is 15.4. The Hall–Kier alpha value is -1.57. The van der Waals surface area contributed by atoms with E-state index < -0.39 is 0 Å². The van der Waals surface area contributed by atoms with Crippen molar-refractivity contribution in [1.29, 1.82) is 0 Å². The van der Waals surface area contributed by atoms with Gasteiger partial charge < -0.3 is 4.74 Å². The Morgan fingerprint density at radius 1 is 1.24 bits per heavy atom. The molecule has 0 aliphatic heterocycles. The molecule has 0 bridgehead atoms. The summed E-state index contributed by atoms with van der Waals surface area (Å²) in [6.07, 6.45) is 10.9. The molecule has 0 heterocycles. The number of allylic oxidation sites excluding steroid dienone is 5. The van der Waals surface area contributed by atoms with Crippen molar-refractivity contribution >= 4 is 5.97 Å². The highest BCUT2D eigenvalue weighted by molar-refractivity contribution is 5.71. The lowest BCUT2D eigenvalue weighted by molar-refractivity contribution is -0.137. The first-order chi connectivity index (χ1) is 8.06. The number of hydrogen-bond donors (Lipinski definition) is 0. The summed E-state index contributed by atoms with van der Waals surface area (Å²) in [4.78, 5) is 11.2. The molecule has 0 unspecified atom stereocenters. The molecule has 0 spiro atoms. The normalized spacial score (nSPS) is 11.4. The molecular weight excluding hydrogens is 212 g/mol. The molecule has 0 aliphatic rings. The summed E-state index contributed by atoms with van der Waals surface area (Å²) in [6.45, 7) is 9.69. The van der Waals surface area contributed by atoms with E-state index in [0.717, 1.165) is 12.8 Å². The minimum absolute atomic E-state index is 0.246. The smallest absolute Gasteiger partial charge is 0.314 e. The maximum Gasteiger partial charge on any atom is 0.314 e. The van der Waals surface area contributed by atoms with Crippen LogP contribution in [0.2, 0.25) is 0 Å². The van der Waals surface area contributed by atoms with Gasteiger partial charge in [-0.15, -0.1) is 0 Å². The van der Waals surface area contributed by atoms with Crippen molar-refractivity contribution in [2.75, 3.05) is 0 Å². The van der Waals surface area contributed by atoms with E-state index in [1.165, 1.54) is 17.4 Å². The average molecular weight is 234 g/mol. The van der Waals surface area contributed by atoms with Gasteiger partial charge in [0.15, 0.2) is 0 Å². The van der Waals surface area contributed by atoms with Crippen LogP contribution in [-0.4, -0.2) is 5.97 Å². The molecular formula is C15H22O2. The highest BCUT2D eigenvalue weighted by Gasteiger charge is 1.97. The lowest BCUT2D eigenvalue weighted by Gasteiger charge is -1.99. The Morgan fingerprint density at radius 3 is 2.53 bits per heavy atom. The molecule has 94 valence electrons. The molecule has 0 aromatic carbocycles. The average Bonchev–Trinajstić information content (AvgIpc) is 2.26. The molecule has 0 saturated carbocycles. The highest BCUT2D eigenvalue weighted by atomic mass is 16.5. The SMILES string of the molecule is C=C/C=C/OC(=O)C/C=C(\C)CCC=C(C)C. The molecule has 0 radical (unpaired) electrons. The van der Waals surface area contributed by atoms with Crippen LogP contribution in [0.4, 0.5) is 0 Å². The molecule has 0 aromatic heterocycles. The number of ether oxygens (including phenoxy) is 1. The van der Waals surface area contributed by atoms with Gasteiger partial charge in [-0.1, -0.05) is 36.0 Å². The van der Waals surface area contributed by atoms with E-state index in [-0.39, 0.29) is 5.97 Å². The van der Waals surface area contributed by atoms with Gasteiger partial charge >= 0.3 is 5.97 Å². The van der Waals surface area contributed by atoms with Crippen LogP contribution in [0.15, 0.2) is 48.3 Å². The molecule has 0 N–H and O–H groups in total. The lowest BCUT2D eigenvalue weighted by Crippen LogP contribution is -1.97. The third-order valence-corrected chi connectivity index (χ3v) is 2.12. The van der Waals surface area contributed by atoms with E-state index in [1.54, 1.807) is 12.2 Å². The predicted octanol–water partition coefficient (Wildman–Crippen LogP) is 4.31. The molecule has 0 saturated heterocycles. The Balaban J connectivity index is 3.89. The van der Waals surface area contributed by atoms with Gasteiger partial charge in [0.1, 0.15) is 0 Å². The number of rotatable bonds is 7. The van der Waals surface area contributed by atoms with Gasteiger partial charge in [-0.25, -0.2) is 0 Å². The van der Waals surface area contributed by atoms with Crippen molar-refractivity contribution in [2.45, 2.75) is 40.0 Å². The summed E-state index contributed by atoms with van der Waals surface area (Å²) in [5.41, 5.74) is 2.54. The third-order valence-electron chi connectivity index (χ3n) is 2.12. The van der Waals surface area contributed by atoms with Gasteiger partial charge in [0, 0.05) is 0 Å². The van der Waals surface area contributed by atoms with E-state index in [0.29, 0.717) is 6.42 Å². The van der Waals surface area contributed by atoms with Crippen LogP contribution in [0.1, 0.15) is 40.0 Å². The van der Waals surface area contributed by atoms with E-state index >= 15 is 0 Å². The largest absolute Gasteiger partial charge is 0.434 e. The second-order valence-electron chi connectivity index (χ2n) is 4.13. The van der Waals surface area contributed by atoms with Gasteiger partial charge in [-0.05, 0) is 39.7 Å². The zero-order valence-corrected chi connectivity index (χ0v) is 11.0. The standard InChI is InChI=1S/C15H22O2/c1-5-6-12-17-15(16)11-10-14(4)9-7-8-13(2)3/h5-6,8,10,12H,1,7,9,11H2,2-4H3/b12-6+,14-10+. The van der Waals surface area contributed by atoms with E-state index in [4.69, 9.17) is 4.74 Å². The van der Waals surface area contributed by atoms with Crippen LogP contribution < -0.4 is 0 Å². The molecule has 17 heavy (non-hydrogen) atoms. The maximum absolute atomic E-state index is 11.2. The molecule has 0 aromatic rings. The predicted molar refractivity (Wildman–Crippen MR) is 72.5 cm³/mol. The summed E-state index contributed by atoms with van der Waals surface area (Å²) in [7, 11) is 0. The Kier molecular flexibility index (Phi) is 8.75. The number of esters is 1. The second-order valence-corrected chi connectivity index (χ2v) is 4.13. The topological polar surface area (TPSA) is 26.3 Å². The quantitative estimate of drug-likeness (QED) is 0.284. The van der Waals surface area contributed by atoms with E-state index in [1.807, 2.05) is 13.0 Å². The first-order valence-electron chi connectivity index (χ1n) is 5.82. The van der Waals surface area contributed by atoms with Crippen LogP contribution in [0.3, 0.4) is 0 Å². The van der Waals surface area contributed by atoms with Gasteiger partial charge in [0.05, 0.1) is 12.7 Å². The molecule has 0 atom stereocenters. The Morgan fingerprint density at radius 2 is 1.94 bits per heavy atom. The van der Waals surface area contributed by atoms with Crippen molar-refractivity contribution in [3.63, 3.8) is 0 Å². The maximum atomic E-state index is 11.2. The minimum atomic E-state index is -0.246. The fourth-order valence-corrected chi connectivity index (χ4v) is 1.17. The third kappa shape index (κ3) is 10.7. The van der Waals surface area contributed by atoms with Gasteiger partial charge in [0.25, 0.3) is 0 Å². The molecule has 2 nitrogen and oxygen atoms in total. The second kappa shape index (κ2) is 9.64. The van der Waals surface area contributed by atoms with Crippen LogP contribution >= 0.6 is 0 Å². The van der Waals surface area contributed by atoms with Crippen molar-refractivity contribution < 1.29 is 9.53 Å². The van der Waals surface area contributed by atoms with Crippen molar-refractivity contribution in [1.82, 2.24) is 0 Å². The monoisotopic (exact) mass is 234 g/mol. The summed E-state index contributed by atoms with van der Waals surface area (Å²) in [6, 6.07) is 0. The number of carbonyl (C=O) groups is 1. The van der Waals surface area contributed by atoms with Crippen LogP contribution in [0, 0.1) is 0 Å². The van der Waals surface area contributed by atoms with Crippen molar-refractivity contribution in [2.24, 2.45) is 0 Å². The zero-order valence-electron chi connectivity index (χ0n) is 11.0. The van der Waals surface area contributed by atoms with Crippen molar-refractivity contribution in [3.05, 3.63) is 48.3 Å². The lowest BCUT2D eigenvalue weighted by atomic mass is 10.1. The zero-order chi connectivity index (χ0) is 13.1. The Labute approximate surface area is 104 Å². The highest BCUT2D eigenvalue weighted by Crippen LogP contribution is 2.07. The molecule has 0 rings (SSSR count). The van der Waals surface area contributed by atoms with E-state index in [9.17, 15) is 4.79 Å². The first-order valence-corrected chi connectivity index (χ1v) is 5.82. The van der Waals surface area contributed by atoms with E-state index in [2.05, 4.69) is 26.5 Å². The summed E-state index contributed by atoms with van der Waals surface area (Å²) in [5.74, 6) is -0.246. The van der Waals surface area contributed by atoms with Crippen LogP contribution in [0.25, 0.3) is 0 Å². The summed E-state index contributed by atoms with van der Waals surface area (Å²) >= 11 is 0.